The Kier molecular flexibility index (Phi) is 5.14. The number of aromatic nitrogens is 1. The average Bonchev–Trinajstić information content (AvgIpc) is 2.64. The van der Waals surface area contributed by atoms with Gasteiger partial charge >= 0.3 is 0 Å². The standard InChI is InChI=1S/C20H21N3/c21-19(16-9-3-1-4-10-16)20(17-11-5-2-6-12-17)23-15-18-13-7-8-14-22-18/h1-14,19-20,23H,15,21H2/t19-,20-/m1/s1. The molecule has 1 heterocycles. The van der Waals surface area contributed by atoms with Gasteiger partial charge in [0.2, 0.25) is 0 Å². The zero-order valence-corrected chi connectivity index (χ0v) is 13.0. The average molecular weight is 303 g/mol. The van der Waals surface area contributed by atoms with E-state index in [9.17, 15) is 0 Å². The zero-order chi connectivity index (χ0) is 15.9. The minimum Gasteiger partial charge on any atom is -0.322 e. The fourth-order valence-corrected chi connectivity index (χ4v) is 2.70. The molecule has 3 heteroatoms. The topological polar surface area (TPSA) is 50.9 Å². The van der Waals surface area contributed by atoms with Crippen LogP contribution < -0.4 is 11.1 Å². The lowest BCUT2D eigenvalue weighted by atomic mass is 9.94. The van der Waals surface area contributed by atoms with Gasteiger partial charge in [0.15, 0.2) is 0 Å². The third-order valence-electron chi connectivity index (χ3n) is 3.93. The summed E-state index contributed by atoms with van der Waals surface area (Å²) in [4.78, 5) is 4.37. The number of pyridine rings is 1. The number of nitrogens with two attached hydrogens (primary N) is 1. The molecule has 3 nitrogen and oxygen atoms in total. The maximum atomic E-state index is 6.55. The molecule has 3 N–H and O–H groups in total. The summed E-state index contributed by atoms with van der Waals surface area (Å²) >= 11 is 0. The van der Waals surface area contributed by atoms with E-state index in [1.54, 1.807) is 0 Å². The second kappa shape index (κ2) is 7.68. The molecule has 0 fully saturated rings. The zero-order valence-electron chi connectivity index (χ0n) is 13.0. The van der Waals surface area contributed by atoms with E-state index < -0.39 is 0 Å². The smallest absolute Gasteiger partial charge is 0.0541 e. The Balaban J connectivity index is 1.82. The van der Waals surface area contributed by atoms with Crippen molar-refractivity contribution in [1.82, 2.24) is 10.3 Å². The van der Waals surface area contributed by atoms with Gasteiger partial charge in [-0.25, -0.2) is 0 Å². The third-order valence-corrected chi connectivity index (χ3v) is 3.93. The molecule has 2 aromatic carbocycles. The van der Waals surface area contributed by atoms with Crippen LogP contribution in [0.1, 0.15) is 28.9 Å². The van der Waals surface area contributed by atoms with Crippen molar-refractivity contribution < 1.29 is 0 Å². The highest BCUT2D eigenvalue weighted by molar-refractivity contribution is 5.27. The maximum absolute atomic E-state index is 6.55. The molecule has 0 radical (unpaired) electrons. The minimum atomic E-state index is -0.123. The number of rotatable bonds is 6. The molecule has 3 aromatic rings. The summed E-state index contributed by atoms with van der Waals surface area (Å²) in [6.45, 7) is 0.681. The Hall–Kier alpha value is -2.49. The van der Waals surface area contributed by atoms with Crippen molar-refractivity contribution in [2.75, 3.05) is 0 Å². The van der Waals surface area contributed by atoms with Crippen molar-refractivity contribution >= 4 is 0 Å². The Morgan fingerprint density at radius 3 is 2.00 bits per heavy atom. The number of hydrogen-bond donors (Lipinski definition) is 2. The normalized spacial score (nSPS) is 13.4. The summed E-state index contributed by atoms with van der Waals surface area (Å²) in [7, 11) is 0. The summed E-state index contributed by atoms with van der Waals surface area (Å²) < 4.78 is 0. The van der Waals surface area contributed by atoms with Gasteiger partial charge in [0.25, 0.3) is 0 Å². The van der Waals surface area contributed by atoms with Crippen molar-refractivity contribution in [3.05, 3.63) is 102 Å². The van der Waals surface area contributed by atoms with Crippen molar-refractivity contribution in [2.45, 2.75) is 18.6 Å². The minimum absolute atomic E-state index is 0.0283. The van der Waals surface area contributed by atoms with Gasteiger partial charge in [-0.05, 0) is 23.3 Å². The van der Waals surface area contributed by atoms with E-state index in [-0.39, 0.29) is 12.1 Å². The molecule has 3 rings (SSSR count). The Bertz CT molecular complexity index is 699. The van der Waals surface area contributed by atoms with E-state index in [4.69, 9.17) is 5.73 Å². The van der Waals surface area contributed by atoms with E-state index >= 15 is 0 Å². The summed E-state index contributed by atoms with van der Waals surface area (Å²) in [6, 6.07) is 26.4. The van der Waals surface area contributed by atoms with Crippen LogP contribution >= 0.6 is 0 Å². The fourth-order valence-electron chi connectivity index (χ4n) is 2.70. The van der Waals surface area contributed by atoms with Crippen LogP contribution in [0, 0.1) is 0 Å². The highest BCUT2D eigenvalue weighted by Gasteiger charge is 2.20. The van der Waals surface area contributed by atoms with Gasteiger partial charge in [0.05, 0.1) is 11.7 Å². The van der Waals surface area contributed by atoms with Crippen molar-refractivity contribution in [1.29, 1.82) is 0 Å². The molecule has 0 unspecified atom stereocenters. The van der Waals surface area contributed by atoms with Crippen LogP contribution in [0.4, 0.5) is 0 Å². The molecule has 0 aliphatic heterocycles. The third kappa shape index (κ3) is 4.03. The summed E-state index contributed by atoms with van der Waals surface area (Å²) in [5.41, 5.74) is 9.86. The quantitative estimate of drug-likeness (QED) is 0.731. The molecule has 0 aliphatic carbocycles. The molecular formula is C20H21N3. The van der Waals surface area contributed by atoms with Gasteiger partial charge in [0.1, 0.15) is 0 Å². The summed E-state index contributed by atoms with van der Waals surface area (Å²) in [5.74, 6) is 0. The van der Waals surface area contributed by atoms with Crippen LogP contribution in [-0.2, 0) is 6.54 Å². The first-order valence-electron chi connectivity index (χ1n) is 7.83. The first-order chi connectivity index (χ1) is 11.3. The van der Waals surface area contributed by atoms with Gasteiger partial charge in [-0.3, -0.25) is 4.98 Å². The first kappa shape index (κ1) is 15.4. The molecular weight excluding hydrogens is 282 g/mol. The molecule has 0 amide bonds. The highest BCUT2D eigenvalue weighted by Crippen LogP contribution is 2.26. The molecule has 116 valence electrons. The number of nitrogens with zero attached hydrogens (tertiary/aromatic N) is 1. The number of benzene rings is 2. The molecule has 1 aromatic heterocycles. The predicted octanol–water partition coefficient (Wildman–Crippen LogP) is 3.61. The molecule has 0 bridgehead atoms. The monoisotopic (exact) mass is 303 g/mol. The van der Waals surface area contributed by atoms with Crippen LogP contribution in [0.15, 0.2) is 85.1 Å². The van der Waals surface area contributed by atoms with E-state index in [0.717, 1.165) is 11.3 Å². The SMILES string of the molecule is N[C@H](c1ccccc1)[C@H](NCc1ccccn1)c1ccccc1. The maximum Gasteiger partial charge on any atom is 0.0541 e. The molecule has 0 saturated heterocycles. The Labute approximate surface area is 137 Å². The number of nitrogens with one attached hydrogen (secondary N) is 1. The first-order valence-corrected chi connectivity index (χ1v) is 7.83. The second-order valence-corrected chi connectivity index (χ2v) is 5.53. The molecule has 0 saturated carbocycles. The molecule has 0 spiro atoms. The predicted molar refractivity (Wildman–Crippen MR) is 93.6 cm³/mol. The number of hydrogen-bond acceptors (Lipinski definition) is 3. The van der Waals surface area contributed by atoms with Gasteiger partial charge < -0.3 is 11.1 Å². The van der Waals surface area contributed by atoms with Gasteiger partial charge in [0, 0.05) is 18.8 Å². The lowest BCUT2D eigenvalue weighted by molar-refractivity contribution is 0.449. The van der Waals surface area contributed by atoms with Crippen LogP contribution in [-0.4, -0.2) is 4.98 Å². The van der Waals surface area contributed by atoms with Crippen molar-refractivity contribution in [3.8, 4) is 0 Å². The summed E-state index contributed by atoms with van der Waals surface area (Å²) in [6.07, 6.45) is 1.81. The van der Waals surface area contributed by atoms with E-state index in [0.29, 0.717) is 6.54 Å². The van der Waals surface area contributed by atoms with Crippen molar-refractivity contribution in [2.24, 2.45) is 5.73 Å². The van der Waals surface area contributed by atoms with Crippen LogP contribution in [0.25, 0.3) is 0 Å². The molecule has 2 atom stereocenters. The molecule has 0 aliphatic rings. The fraction of sp³-hybridized carbons (Fsp3) is 0.150. The largest absolute Gasteiger partial charge is 0.322 e. The van der Waals surface area contributed by atoms with Crippen LogP contribution in [0.2, 0.25) is 0 Å². The van der Waals surface area contributed by atoms with E-state index in [1.807, 2.05) is 60.8 Å². The van der Waals surface area contributed by atoms with Crippen LogP contribution in [0.5, 0.6) is 0 Å². The van der Waals surface area contributed by atoms with Gasteiger partial charge in [-0.15, -0.1) is 0 Å². The Morgan fingerprint density at radius 2 is 1.39 bits per heavy atom. The van der Waals surface area contributed by atoms with E-state index in [2.05, 4.69) is 34.6 Å². The lowest BCUT2D eigenvalue weighted by Crippen LogP contribution is -2.31. The highest BCUT2D eigenvalue weighted by atomic mass is 15.0. The molecule has 23 heavy (non-hydrogen) atoms. The van der Waals surface area contributed by atoms with Crippen LogP contribution in [0.3, 0.4) is 0 Å². The van der Waals surface area contributed by atoms with Crippen molar-refractivity contribution in [3.63, 3.8) is 0 Å². The summed E-state index contributed by atoms with van der Waals surface area (Å²) in [5, 5.41) is 3.56. The lowest BCUT2D eigenvalue weighted by Gasteiger charge is -2.26. The Morgan fingerprint density at radius 1 is 0.783 bits per heavy atom. The van der Waals surface area contributed by atoms with E-state index in [1.165, 1.54) is 5.56 Å². The van der Waals surface area contributed by atoms with Gasteiger partial charge in [-0.2, -0.15) is 0 Å². The van der Waals surface area contributed by atoms with Gasteiger partial charge in [-0.1, -0.05) is 66.7 Å². The second-order valence-electron chi connectivity index (χ2n) is 5.53.